The van der Waals surface area contributed by atoms with Gasteiger partial charge in [-0.1, -0.05) is 6.07 Å². The number of hydrogen-bond donors (Lipinski definition) is 2. The smallest absolute Gasteiger partial charge is 0.338 e. The highest BCUT2D eigenvalue weighted by molar-refractivity contribution is 5.98. The standard InChI is InChI=1S/C21H21N3O5/c1-14(25)22-17-5-2-4-15(12-17)21(28)29-13-19(26)23-16-7-9-18(10-8-16)24-11-3-6-20(24)27/h2,4-5,7-10,12H,3,6,11,13H2,1H3,(H,22,25)(H,23,26). The highest BCUT2D eigenvalue weighted by Gasteiger charge is 2.21. The van der Waals surface area contributed by atoms with Crippen LogP contribution in [0.25, 0.3) is 0 Å². The molecule has 0 radical (unpaired) electrons. The Labute approximate surface area is 167 Å². The molecule has 150 valence electrons. The number of rotatable bonds is 6. The summed E-state index contributed by atoms with van der Waals surface area (Å²) in [7, 11) is 0. The lowest BCUT2D eigenvalue weighted by Crippen LogP contribution is -2.23. The van der Waals surface area contributed by atoms with Crippen LogP contribution in [0.15, 0.2) is 48.5 Å². The van der Waals surface area contributed by atoms with Crippen molar-refractivity contribution >= 4 is 40.8 Å². The van der Waals surface area contributed by atoms with Crippen LogP contribution in [0.1, 0.15) is 30.1 Å². The third-order valence-corrected chi connectivity index (χ3v) is 4.29. The first-order valence-corrected chi connectivity index (χ1v) is 9.17. The number of benzene rings is 2. The Bertz CT molecular complexity index is 940. The van der Waals surface area contributed by atoms with Crippen LogP contribution in [-0.4, -0.2) is 36.8 Å². The fraction of sp³-hybridized carbons (Fsp3) is 0.238. The van der Waals surface area contributed by atoms with Crippen molar-refractivity contribution in [3.63, 3.8) is 0 Å². The monoisotopic (exact) mass is 395 g/mol. The number of anilines is 3. The Balaban J connectivity index is 1.51. The van der Waals surface area contributed by atoms with Gasteiger partial charge in [-0.25, -0.2) is 4.79 Å². The highest BCUT2D eigenvalue weighted by atomic mass is 16.5. The molecule has 8 heteroatoms. The summed E-state index contributed by atoms with van der Waals surface area (Å²) in [6.07, 6.45) is 1.40. The lowest BCUT2D eigenvalue weighted by atomic mass is 10.2. The zero-order chi connectivity index (χ0) is 20.8. The van der Waals surface area contributed by atoms with Crippen molar-refractivity contribution in [3.8, 4) is 0 Å². The minimum atomic E-state index is -0.671. The van der Waals surface area contributed by atoms with Gasteiger partial charge in [-0.15, -0.1) is 0 Å². The number of carbonyl (C=O) groups excluding carboxylic acids is 4. The minimum Gasteiger partial charge on any atom is -0.452 e. The Kier molecular flexibility index (Phi) is 6.23. The average molecular weight is 395 g/mol. The summed E-state index contributed by atoms with van der Waals surface area (Å²) in [5.74, 6) is -1.32. The Morgan fingerprint density at radius 1 is 1.03 bits per heavy atom. The molecule has 1 aliphatic rings. The van der Waals surface area contributed by atoms with Crippen LogP contribution in [0.3, 0.4) is 0 Å². The number of amides is 3. The molecule has 0 spiro atoms. The van der Waals surface area contributed by atoms with Gasteiger partial charge in [0.05, 0.1) is 5.56 Å². The first-order chi connectivity index (χ1) is 13.9. The molecule has 1 fully saturated rings. The molecular weight excluding hydrogens is 374 g/mol. The van der Waals surface area contributed by atoms with Gasteiger partial charge < -0.3 is 20.3 Å². The van der Waals surface area contributed by atoms with Gasteiger partial charge in [0.1, 0.15) is 0 Å². The van der Waals surface area contributed by atoms with Gasteiger partial charge >= 0.3 is 5.97 Å². The predicted molar refractivity (Wildman–Crippen MR) is 108 cm³/mol. The first kappa shape index (κ1) is 20.1. The maximum absolute atomic E-state index is 12.1. The number of carbonyl (C=O) groups is 4. The Morgan fingerprint density at radius 2 is 1.79 bits per heavy atom. The van der Waals surface area contributed by atoms with Crippen molar-refractivity contribution in [2.45, 2.75) is 19.8 Å². The van der Waals surface area contributed by atoms with Gasteiger partial charge in [0.15, 0.2) is 6.61 Å². The van der Waals surface area contributed by atoms with Crippen LogP contribution in [0.5, 0.6) is 0 Å². The number of esters is 1. The van der Waals surface area contributed by atoms with E-state index in [0.717, 1.165) is 12.1 Å². The van der Waals surface area contributed by atoms with E-state index in [1.54, 1.807) is 41.3 Å². The van der Waals surface area contributed by atoms with E-state index < -0.39 is 18.5 Å². The second-order valence-electron chi connectivity index (χ2n) is 6.58. The largest absolute Gasteiger partial charge is 0.452 e. The molecule has 0 atom stereocenters. The van der Waals surface area contributed by atoms with E-state index in [2.05, 4.69) is 10.6 Å². The van der Waals surface area contributed by atoms with Crippen LogP contribution in [0.2, 0.25) is 0 Å². The van der Waals surface area contributed by atoms with E-state index >= 15 is 0 Å². The van der Waals surface area contributed by atoms with E-state index in [9.17, 15) is 19.2 Å². The minimum absolute atomic E-state index is 0.0938. The number of ether oxygens (including phenoxy) is 1. The van der Waals surface area contributed by atoms with Crippen LogP contribution in [0, 0.1) is 0 Å². The number of nitrogens with one attached hydrogen (secondary N) is 2. The van der Waals surface area contributed by atoms with Crippen molar-refractivity contribution in [3.05, 3.63) is 54.1 Å². The summed E-state index contributed by atoms with van der Waals surface area (Å²) in [5.41, 5.74) is 2.02. The lowest BCUT2D eigenvalue weighted by Gasteiger charge is -2.16. The number of nitrogens with zero attached hydrogens (tertiary/aromatic N) is 1. The predicted octanol–water partition coefficient (Wildman–Crippen LogP) is 2.57. The molecule has 2 aromatic rings. The lowest BCUT2D eigenvalue weighted by molar-refractivity contribution is -0.119. The van der Waals surface area contributed by atoms with Gasteiger partial charge in [0.25, 0.3) is 5.91 Å². The van der Waals surface area contributed by atoms with Gasteiger partial charge in [-0.05, 0) is 48.9 Å². The molecule has 3 rings (SSSR count). The van der Waals surface area contributed by atoms with Crippen molar-refractivity contribution in [1.29, 1.82) is 0 Å². The van der Waals surface area contributed by atoms with Crippen LogP contribution >= 0.6 is 0 Å². The van der Waals surface area contributed by atoms with Crippen molar-refractivity contribution in [2.24, 2.45) is 0 Å². The van der Waals surface area contributed by atoms with Crippen molar-refractivity contribution in [1.82, 2.24) is 0 Å². The zero-order valence-electron chi connectivity index (χ0n) is 15.9. The Hall–Kier alpha value is -3.68. The molecule has 0 aromatic heterocycles. The molecule has 0 unspecified atom stereocenters. The number of hydrogen-bond acceptors (Lipinski definition) is 5. The summed E-state index contributed by atoms with van der Waals surface area (Å²) in [6.45, 7) is 1.62. The molecule has 2 aromatic carbocycles. The quantitative estimate of drug-likeness (QED) is 0.732. The molecule has 8 nitrogen and oxygen atoms in total. The van der Waals surface area contributed by atoms with Gasteiger partial charge in [0.2, 0.25) is 11.8 Å². The SMILES string of the molecule is CC(=O)Nc1cccc(C(=O)OCC(=O)Nc2ccc(N3CCCC3=O)cc2)c1. The molecule has 29 heavy (non-hydrogen) atoms. The van der Waals surface area contributed by atoms with Crippen LogP contribution in [0.4, 0.5) is 17.1 Å². The summed E-state index contributed by atoms with van der Waals surface area (Å²) < 4.78 is 5.02. The summed E-state index contributed by atoms with van der Waals surface area (Å²) in [6, 6.07) is 13.2. The van der Waals surface area contributed by atoms with Gasteiger partial charge in [0, 0.05) is 37.0 Å². The van der Waals surface area contributed by atoms with E-state index in [0.29, 0.717) is 24.3 Å². The molecule has 3 amide bonds. The second-order valence-corrected chi connectivity index (χ2v) is 6.58. The van der Waals surface area contributed by atoms with Crippen molar-refractivity contribution in [2.75, 3.05) is 28.7 Å². The molecule has 1 aliphatic heterocycles. The highest BCUT2D eigenvalue weighted by Crippen LogP contribution is 2.23. The molecular formula is C21H21N3O5. The van der Waals surface area contributed by atoms with Gasteiger partial charge in [-0.3, -0.25) is 14.4 Å². The fourth-order valence-corrected chi connectivity index (χ4v) is 2.98. The maximum Gasteiger partial charge on any atom is 0.338 e. The van der Waals surface area contributed by atoms with Crippen molar-refractivity contribution < 1.29 is 23.9 Å². The summed E-state index contributed by atoms with van der Waals surface area (Å²) >= 11 is 0. The van der Waals surface area contributed by atoms with Crippen LogP contribution in [-0.2, 0) is 19.1 Å². The third-order valence-electron chi connectivity index (χ3n) is 4.29. The molecule has 1 saturated heterocycles. The third kappa shape index (κ3) is 5.41. The second kappa shape index (κ2) is 9.01. The fourth-order valence-electron chi connectivity index (χ4n) is 2.98. The molecule has 2 N–H and O–H groups in total. The van der Waals surface area contributed by atoms with Crippen LogP contribution < -0.4 is 15.5 Å². The molecule has 1 heterocycles. The maximum atomic E-state index is 12.1. The molecule has 0 saturated carbocycles. The summed E-state index contributed by atoms with van der Waals surface area (Å²) in [5, 5.41) is 5.21. The molecule has 0 aliphatic carbocycles. The molecule has 0 bridgehead atoms. The normalized spacial score (nSPS) is 13.1. The first-order valence-electron chi connectivity index (χ1n) is 9.17. The average Bonchev–Trinajstić information content (AvgIpc) is 3.12. The van der Waals surface area contributed by atoms with E-state index in [4.69, 9.17) is 4.74 Å². The summed E-state index contributed by atoms with van der Waals surface area (Å²) in [4.78, 5) is 48.7. The van der Waals surface area contributed by atoms with E-state index in [-0.39, 0.29) is 17.4 Å². The van der Waals surface area contributed by atoms with E-state index in [1.807, 2.05) is 0 Å². The van der Waals surface area contributed by atoms with Gasteiger partial charge in [-0.2, -0.15) is 0 Å². The van der Waals surface area contributed by atoms with E-state index in [1.165, 1.54) is 19.1 Å². The zero-order valence-corrected chi connectivity index (χ0v) is 15.9. The Morgan fingerprint density at radius 3 is 2.45 bits per heavy atom. The topological polar surface area (TPSA) is 105 Å².